The van der Waals surface area contributed by atoms with Gasteiger partial charge in [0.1, 0.15) is 5.75 Å². The highest BCUT2D eigenvalue weighted by Crippen LogP contribution is 2.23. The highest BCUT2D eigenvalue weighted by atomic mass is 16.5. The lowest BCUT2D eigenvalue weighted by molar-refractivity contribution is 0.340. The van der Waals surface area contributed by atoms with Gasteiger partial charge in [-0.3, -0.25) is 0 Å². The number of nitrogens with two attached hydrogens (primary N) is 1. The number of hydrogen-bond donors (Lipinski definition) is 1. The second-order valence-electron chi connectivity index (χ2n) is 4.58. The molecule has 0 aromatic heterocycles. The van der Waals surface area contributed by atoms with Gasteiger partial charge in [0.15, 0.2) is 0 Å². The molecule has 0 spiro atoms. The van der Waals surface area contributed by atoms with Crippen molar-refractivity contribution < 1.29 is 4.74 Å². The van der Waals surface area contributed by atoms with Crippen molar-refractivity contribution in [3.05, 3.63) is 65.2 Å². The lowest BCUT2D eigenvalue weighted by Gasteiger charge is -2.14. The Labute approximate surface area is 115 Å². The molecule has 0 heterocycles. The van der Waals surface area contributed by atoms with Gasteiger partial charge >= 0.3 is 0 Å². The number of rotatable bonds is 5. The van der Waals surface area contributed by atoms with Crippen LogP contribution in [0.3, 0.4) is 0 Å². The highest BCUT2D eigenvalue weighted by molar-refractivity contribution is 5.37. The third-order valence-corrected chi connectivity index (χ3v) is 3.28. The molecule has 2 nitrogen and oxygen atoms in total. The maximum Gasteiger partial charge on any atom is 0.119 e. The van der Waals surface area contributed by atoms with E-state index in [1.807, 2.05) is 31.2 Å². The van der Waals surface area contributed by atoms with E-state index >= 15 is 0 Å². The maximum atomic E-state index is 6.32. The SMILES string of the molecule is CCOc1cccc(C(N)c2ccc(CC)cc2)c1. The van der Waals surface area contributed by atoms with Crippen molar-refractivity contribution in [2.45, 2.75) is 26.3 Å². The van der Waals surface area contributed by atoms with E-state index in [9.17, 15) is 0 Å². The number of ether oxygens (including phenoxy) is 1. The van der Waals surface area contributed by atoms with Crippen molar-refractivity contribution in [1.29, 1.82) is 0 Å². The predicted molar refractivity (Wildman–Crippen MR) is 79.5 cm³/mol. The van der Waals surface area contributed by atoms with Crippen LogP contribution in [0.2, 0.25) is 0 Å². The molecule has 19 heavy (non-hydrogen) atoms. The molecule has 0 aliphatic rings. The van der Waals surface area contributed by atoms with E-state index < -0.39 is 0 Å². The number of hydrogen-bond acceptors (Lipinski definition) is 2. The monoisotopic (exact) mass is 255 g/mol. The fraction of sp³-hybridized carbons (Fsp3) is 0.294. The zero-order chi connectivity index (χ0) is 13.7. The molecule has 0 aliphatic heterocycles. The Morgan fingerprint density at radius 2 is 1.74 bits per heavy atom. The molecule has 0 saturated carbocycles. The predicted octanol–water partition coefficient (Wildman–Crippen LogP) is 3.70. The van der Waals surface area contributed by atoms with Gasteiger partial charge < -0.3 is 10.5 Å². The Morgan fingerprint density at radius 1 is 1.00 bits per heavy atom. The summed E-state index contributed by atoms with van der Waals surface area (Å²) in [6, 6.07) is 16.4. The first-order valence-corrected chi connectivity index (χ1v) is 6.81. The fourth-order valence-electron chi connectivity index (χ4n) is 2.12. The van der Waals surface area contributed by atoms with Crippen molar-refractivity contribution in [1.82, 2.24) is 0 Å². The molecule has 0 bridgehead atoms. The van der Waals surface area contributed by atoms with Crippen LogP contribution in [0, 0.1) is 0 Å². The molecule has 2 N–H and O–H groups in total. The zero-order valence-electron chi connectivity index (χ0n) is 11.6. The maximum absolute atomic E-state index is 6.32. The summed E-state index contributed by atoms with van der Waals surface area (Å²) < 4.78 is 5.51. The van der Waals surface area contributed by atoms with Gasteiger partial charge in [0.2, 0.25) is 0 Å². The normalized spacial score (nSPS) is 12.2. The Morgan fingerprint density at radius 3 is 2.37 bits per heavy atom. The summed E-state index contributed by atoms with van der Waals surface area (Å²) in [5.41, 5.74) is 9.86. The standard InChI is InChI=1S/C17H21NO/c1-3-13-8-10-14(11-9-13)17(18)15-6-5-7-16(12-15)19-4-2/h5-12,17H,3-4,18H2,1-2H3. The van der Waals surface area contributed by atoms with Crippen LogP contribution >= 0.6 is 0 Å². The van der Waals surface area contributed by atoms with E-state index in [2.05, 4.69) is 31.2 Å². The first-order valence-electron chi connectivity index (χ1n) is 6.81. The Bertz CT molecular complexity index is 519. The summed E-state index contributed by atoms with van der Waals surface area (Å²) in [5, 5.41) is 0. The summed E-state index contributed by atoms with van der Waals surface area (Å²) in [6.45, 7) is 4.81. The molecule has 2 aromatic carbocycles. The molecule has 1 unspecified atom stereocenters. The van der Waals surface area contributed by atoms with Crippen LogP contribution in [-0.4, -0.2) is 6.61 Å². The Hall–Kier alpha value is -1.80. The summed E-state index contributed by atoms with van der Waals surface area (Å²) in [6.07, 6.45) is 1.05. The molecule has 0 amide bonds. The number of aryl methyl sites for hydroxylation is 1. The molecule has 0 aliphatic carbocycles. The van der Waals surface area contributed by atoms with Gasteiger partial charge in [-0.2, -0.15) is 0 Å². The highest BCUT2D eigenvalue weighted by Gasteiger charge is 2.09. The average molecular weight is 255 g/mol. The van der Waals surface area contributed by atoms with E-state index in [4.69, 9.17) is 10.5 Å². The lowest BCUT2D eigenvalue weighted by Crippen LogP contribution is -2.12. The molecule has 100 valence electrons. The molecule has 0 fully saturated rings. The van der Waals surface area contributed by atoms with Gasteiger partial charge in [-0.1, -0.05) is 43.3 Å². The van der Waals surface area contributed by atoms with Crippen LogP contribution in [0.15, 0.2) is 48.5 Å². The van der Waals surface area contributed by atoms with Crippen molar-refractivity contribution >= 4 is 0 Å². The smallest absolute Gasteiger partial charge is 0.119 e. The van der Waals surface area contributed by atoms with Gasteiger partial charge in [0, 0.05) is 0 Å². The van der Waals surface area contributed by atoms with Crippen molar-refractivity contribution in [3.8, 4) is 5.75 Å². The molecule has 2 rings (SSSR count). The van der Waals surface area contributed by atoms with E-state index in [-0.39, 0.29) is 6.04 Å². The van der Waals surface area contributed by atoms with Crippen LogP contribution in [0.25, 0.3) is 0 Å². The summed E-state index contributed by atoms with van der Waals surface area (Å²) in [7, 11) is 0. The molecular weight excluding hydrogens is 234 g/mol. The van der Waals surface area contributed by atoms with E-state index in [1.165, 1.54) is 5.56 Å². The van der Waals surface area contributed by atoms with Crippen LogP contribution in [0.1, 0.15) is 36.6 Å². The van der Waals surface area contributed by atoms with E-state index in [0.29, 0.717) is 6.61 Å². The topological polar surface area (TPSA) is 35.2 Å². The molecule has 0 saturated heterocycles. The third-order valence-electron chi connectivity index (χ3n) is 3.28. The Kier molecular flexibility index (Phi) is 4.58. The largest absolute Gasteiger partial charge is 0.494 e. The van der Waals surface area contributed by atoms with Crippen molar-refractivity contribution in [2.75, 3.05) is 6.61 Å². The first-order chi connectivity index (χ1) is 9.24. The van der Waals surface area contributed by atoms with E-state index in [0.717, 1.165) is 23.3 Å². The second kappa shape index (κ2) is 6.39. The quantitative estimate of drug-likeness (QED) is 0.884. The molecule has 1 atom stereocenters. The molecule has 2 heteroatoms. The molecular formula is C17H21NO. The van der Waals surface area contributed by atoms with Gasteiger partial charge in [0.25, 0.3) is 0 Å². The lowest BCUT2D eigenvalue weighted by atomic mass is 9.98. The third kappa shape index (κ3) is 3.36. The van der Waals surface area contributed by atoms with E-state index in [1.54, 1.807) is 0 Å². The minimum atomic E-state index is -0.105. The average Bonchev–Trinajstić information content (AvgIpc) is 2.47. The summed E-state index contributed by atoms with van der Waals surface area (Å²) in [5.74, 6) is 0.876. The molecule has 0 radical (unpaired) electrons. The van der Waals surface area contributed by atoms with Crippen molar-refractivity contribution in [3.63, 3.8) is 0 Å². The summed E-state index contributed by atoms with van der Waals surface area (Å²) >= 11 is 0. The minimum Gasteiger partial charge on any atom is -0.494 e. The fourth-order valence-corrected chi connectivity index (χ4v) is 2.12. The zero-order valence-corrected chi connectivity index (χ0v) is 11.6. The van der Waals surface area contributed by atoms with Gasteiger partial charge in [0.05, 0.1) is 12.6 Å². The Balaban J connectivity index is 2.22. The molecule has 2 aromatic rings. The minimum absolute atomic E-state index is 0.105. The number of benzene rings is 2. The van der Waals surface area contributed by atoms with Crippen molar-refractivity contribution in [2.24, 2.45) is 5.73 Å². The van der Waals surface area contributed by atoms with Gasteiger partial charge in [-0.05, 0) is 42.2 Å². The second-order valence-corrected chi connectivity index (χ2v) is 4.58. The van der Waals surface area contributed by atoms with Crippen LogP contribution in [0.5, 0.6) is 5.75 Å². The summed E-state index contributed by atoms with van der Waals surface area (Å²) in [4.78, 5) is 0. The van der Waals surface area contributed by atoms with Crippen LogP contribution in [0.4, 0.5) is 0 Å². The van der Waals surface area contributed by atoms with Gasteiger partial charge in [-0.25, -0.2) is 0 Å². The van der Waals surface area contributed by atoms with Crippen LogP contribution in [-0.2, 0) is 6.42 Å². The first kappa shape index (κ1) is 13.6. The van der Waals surface area contributed by atoms with Crippen LogP contribution < -0.4 is 10.5 Å². The van der Waals surface area contributed by atoms with Gasteiger partial charge in [-0.15, -0.1) is 0 Å².